The summed E-state index contributed by atoms with van der Waals surface area (Å²) in [7, 11) is 1.66. The summed E-state index contributed by atoms with van der Waals surface area (Å²) in [6, 6.07) is 14.6. The molecule has 0 amide bonds. The number of hydrogen-bond acceptors (Lipinski definition) is 4. The van der Waals surface area contributed by atoms with Gasteiger partial charge in [0.15, 0.2) is 11.5 Å². The zero-order valence-electron chi connectivity index (χ0n) is 18.1. The standard InChI is InChI=1S/C25H22FN5O/c1-16-10-21(19-5-7-20(26)8-6-19)25-28-24(29-31(25)13-16)12-18-4-9-22(23(11-18)32-3)30-14-17(2)27-15-30/h4-11,13-15H,12H2,1-3H3. The molecule has 0 radical (unpaired) electrons. The first-order valence-electron chi connectivity index (χ1n) is 10.3. The summed E-state index contributed by atoms with van der Waals surface area (Å²) in [5, 5.41) is 4.69. The third kappa shape index (κ3) is 3.73. The molecule has 0 aliphatic heterocycles. The average molecular weight is 427 g/mol. The van der Waals surface area contributed by atoms with E-state index in [4.69, 9.17) is 9.72 Å². The molecule has 3 aromatic heterocycles. The van der Waals surface area contributed by atoms with Crippen molar-refractivity contribution < 1.29 is 9.13 Å². The Labute approximate surface area is 185 Å². The number of hydrogen-bond donors (Lipinski definition) is 0. The second-order valence-corrected chi connectivity index (χ2v) is 7.84. The van der Waals surface area contributed by atoms with Crippen molar-refractivity contribution in [1.82, 2.24) is 24.1 Å². The minimum Gasteiger partial charge on any atom is -0.495 e. The fourth-order valence-corrected chi connectivity index (χ4v) is 3.86. The normalized spacial score (nSPS) is 11.2. The van der Waals surface area contributed by atoms with E-state index in [0.717, 1.165) is 45.0 Å². The Morgan fingerprint density at radius 3 is 2.53 bits per heavy atom. The molecule has 0 bridgehead atoms. The van der Waals surface area contributed by atoms with Gasteiger partial charge in [0.25, 0.3) is 0 Å². The molecule has 2 aromatic carbocycles. The van der Waals surface area contributed by atoms with Gasteiger partial charge in [0.05, 0.1) is 24.8 Å². The molecule has 0 spiro atoms. The minimum atomic E-state index is -0.261. The molecule has 0 N–H and O–H groups in total. The van der Waals surface area contributed by atoms with E-state index in [-0.39, 0.29) is 5.82 Å². The van der Waals surface area contributed by atoms with Gasteiger partial charge in [0.1, 0.15) is 11.6 Å². The molecule has 5 aromatic rings. The van der Waals surface area contributed by atoms with Gasteiger partial charge in [-0.3, -0.25) is 0 Å². The van der Waals surface area contributed by atoms with Crippen molar-refractivity contribution in [3.8, 4) is 22.6 Å². The lowest BCUT2D eigenvalue weighted by Crippen LogP contribution is -1.98. The number of halogens is 1. The Hall–Kier alpha value is -4.00. The Balaban J connectivity index is 1.51. The third-order valence-electron chi connectivity index (χ3n) is 5.37. The smallest absolute Gasteiger partial charge is 0.163 e. The first-order chi connectivity index (χ1) is 15.5. The predicted octanol–water partition coefficient (Wildman–Crippen LogP) is 4.94. The SMILES string of the molecule is COc1cc(Cc2nc3c(-c4ccc(F)cc4)cc(C)cn3n2)ccc1-n1cnc(C)c1. The molecule has 5 rings (SSSR count). The van der Waals surface area contributed by atoms with Gasteiger partial charge in [-0.2, -0.15) is 5.10 Å². The first kappa shape index (κ1) is 19.9. The van der Waals surface area contributed by atoms with Crippen LogP contribution in [0.5, 0.6) is 5.75 Å². The van der Waals surface area contributed by atoms with Crippen molar-refractivity contribution in [2.45, 2.75) is 20.3 Å². The van der Waals surface area contributed by atoms with Crippen molar-refractivity contribution in [1.29, 1.82) is 0 Å². The number of aryl methyl sites for hydroxylation is 2. The number of aromatic nitrogens is 5. The number of imidazole rings is 1. The van der Waals surface area contributed by atoms with Crippen LogP contribution in [0, 0.1) is 19.7 Å². The van der Waals surface area contributed by atoms with Crippen LogP contribution in [0.25, 0.3) is 22.5 Å². The van der Waals surface area contributed by atoms with Crippen LogP contribution in [-0.2, 0) is 6.42 Å². The number of fused-ring (bicyclic) bond motifs is 1. The van der Waals surface area contributed by atoms with Crippen molar-refractivity contribution >= 4 is 5.65 Å². The van der Waals surface area contributed by atoms with Crippen molar-refractivity contribution in [2.24, 2.45) is 0 Å². The van der Waals surface area contributed by atoms with E-state index in [1.165, 1.54) is 12.1 Å². The number of nitrogens with zero attached hydrogens (tertiary/aromatic N) is 5. The van der Waals surface area contributed by atoms with Crippen LogP contribution in [0.1, 0.15) is 22.6 Å². The maximum atomic E-state index is 13.4. The lowest BCUT2D eigenvalue weighted by molar-refractivity contribution is 0.412. The highest BCUT2D eigenvalue weighted by atomic mass is 19.1. The highest BCUT2D eigenvalue weighted by Crippen LogP contribution is 2.27. The second-order valence-electron chi connectivity index (χ2n) is 7.84. The molecule has 0 fully saturated rings. The summed E-state index contributed by atoms with van der Waals surface area (Å²) >= 11 is 0. The van der Waals surface area contributed by atoms with Gasteiger partial charge in [0, 0.05) is 24.4 Å². The summed E-state index contributed by atoms with van der Waals surface area (Å²) in [6.07, 6.45) is 6.24. The second kappa shape index (κ2) is 7.92. The maximum absolute atomic E-state index is 13.4. The molecule has 0 saturated carbocycles. The number of rotatable bonds is 5. The molecule has 0 unspecified atom stereocenters. The average Bonchev–Trinajstić information content (AvgIpc) is 3.39. The van der Waals surface area contributed by atoms with E-state index in [2.05, 4.69) is 10.1 Å². The molecular weight excluding hydrogens is 405 g/mol. The summed E-state index contributed by atoms with van der Waals surface area (Å²) in [6.45, 7) is 3.96. The lowest BCUT2D eigenvalue weighted by atomic mass is 10.1. The number of ether oxygens (including phenoxy) is 1. The van der Waals surface area contributed by atoms with Crippen LogP contribution in [0.15, 0.2) is 67.3 Å². The molecule has 32 heavy (non-hydrogen) atoms. The van der Waals surface area contributed by atoms with Gasteiger partial charge in [-0.15, -0.1) is 0 Å². The fraction of sp³-hybridized carbons (Fsp3) is 0.160. The maximum Gasteiger partial charge on any atom is 0.163 e. The zero-order valence-corrected chi connectivity index (χ0v) is 18.1. The predicted molar refractivity (Wildman–Crippen MR) is 121 cm³/mol. The molecule has 6 nitrogen and oxygen atoms in total. The van der Waals surface area contributed by atoms with Crippen LogP contribution in [0.4, 0.5) is 4.39 Å². The van der Waals surface area contributed by atoms with Gasteiger partial charge in [-0.1, -0.05) is 18.2 Å². The topological polar surface area (TPSA) is 57.2 Å². The van der Waals surface area contributed by atoms with Crippen LogP contribution in [-0.4, -0.2) is 31.3 Å². The molecular formula is C25H22FN5O. The Kier molecular flexibility index (Phi) is 4.93. The Morgan fingerprint density at radius 2 is 1.81 bits per heavy atom. The first-order valence-corrected chi connectivity index (χ1v) is 10.3. The van der Waals surface area contributed by atoms with Crippen LogP contribution >= 0.6 is 0 Å². The Bertz CT molecular complexity index is 1420. The quantitative estimate of drug-likeness (QED) is 0.399. The van der Waals surface area contributed by atoms with Gasteiger partial charge in [-0.05, 0) is 60.9 Å². The minimum absolute atomic E-state index is 0.261. The van der Waals surface area contributed by atoms with E-state index in [1.807, 2.05) is 55.1 Å². The van der Waals surface area contributed by atoms with Gasteiger partial charge in [-0.25, -0.2) is 18.9 Å². The molecule has 0 atom stereocenters. The number of pyridine rings is 1. The van der Waals surface area contributed by atoms with E-state index in [9.17, 15) is 4.39 Å². The van der Waals surface area contributed by atoms with Gasteiger partial charge in [0.2, 0.25) is 0 Å². The largest absolute Gasteiger partial charge is 0.495 e. The highest BCUT2D eigenvalue weighted by Gasteiger charge is 2.13. The Morgan fingerprint density at radius 1 is 1.00 bits per heavy atom. The molecule has 3 heterocycles. The summed E-state index contributed by atoms with van der Waals surface area (Å²) in [5.41, 5.74) is 6.53. The lowest BCUT2D eigenvalue weighted by Gasteiger charge is -2.10. The number of methoxy groups -OCH3 is 1. The fourth-order valence-electron chi connectivity index (χ4n) is 3.86. The van der Waals surface area contributed by atoms with Crippen molar-refractivity contribution in [3.63, 3.8) is 0 Å². The van der Waals surface area contributed by atoms with E-state index in [1.54, 1.807) is 30.1 Å². The third-order valence-corrected chi connectivity index (χ3v) is 5.37. The monoisotopic (exact) mass is 427 g/mol. The molecule has 160 valence electrons. The number of benzene rings is 2. The van der Waals surface area contributed by atoms with Crippen LogP contribution in [0.3, 0.4) is 0 Å². The molecule has 0 saturated heterocycles. The van der Waals surface area contributed by atoms with Crippen LogP contribution in [0.2, 0.25) is 0 Å². The van der Waals surface area contributed by atoms with Gasteiger partial charge >= 0.3 is 0 Å². The van der Waals surface area contributed by atoms with E-state index < -0.39 is 0 Å². The van der Waals surface area contributed by atoms with Crippen LogP contribution < -0.4 is 4.74 Å². The molecule has 0 aliphatic rings. The van der Waals surface area contributed by atoms with Crippen molar-refractivity contribution in [3.05, 3.63) is 95.7 Å². The summed E-state index contributed by atoms with van der Waals surface area (Å²) < 4.78 is 22.8. The molecule has 7 heteroatoms. The molecule has 0 aliphatic carbocycles. The summed E-state index contributed by atoms with van der Waals surface area (Å²) in [5.74, 6) is 1.20. The van der Waals surface area contributed by atoms with Gasteiger partial charge < -0.3 is 9.30 Å². The van der Waals surface area contributed by atoms with Crippen molar-refractivity contribution in [2.75, 3.05) is 7.11 Å². The van der Waals surface area contributed by atoms with E-state index >= 15 is 0 Å². The highest BCUT2D eigenvalue weighted by molar-refractivity contribution is 5.77. The zero-order chi connectivity index (χ0) is 22.2. The summed E-state index contributed by atoms with van der Waals surface area (Å²) in [4.78, 5) is 9.08. The van der Waals surface area contributed by atoms with E-state index in [0.29, 0.717) is 12.2 Å².